The maximum atomic E-state index is 12.7. The Morgan fingerprint density at radius 1 is 1.12 bits per heavy atom. The minimum atomic E-state index is -0.333. The van der Waals surface area contributed by atoms with Crippen LogP contribution in [0.25, 0.3) is 11.3 Å². The molecule has 1 aromatic carbocycles. The lowest BCUT2D eigenvalue weighted by Gasteiger charge is -2.04. The van der Waals surface area contributed by atoms with Crippen LogP contribution in [0.5, 0.6) is 0 Å². The molecule has 0 fully saturated rings. The highest BCUT2D eigenvalue weighted by Crippen LogP contribution is 2.21. The number of anilines is 1. The van der Waals surface area contributed by atoms with Gasteiger partial charge in [0.25, 0.3) is 0 Å². The Morgan fingerprint density at radius 3 is 2.44 bits per heavy atom. The van der Waals surface area contributed by atoms with Gasteiger partial charge in [-0.25, -0.2) is 9.37 Å². The van der Waals surface area contributed by atoms with E-state index in [0.717, 1.165) is 0 Å². The molecule has 2 rings (SSSR count). The summed E-state index contributed by atoms with van der Waals surface area (Å²) in [5.41, 5.74) is 7.11. The van der Waals surface area contributed by atoms with Crippen LogP contribution in [-0.4, -0.2) is 11.3 Å². The third kappa shape index (κ3) is 1.91. The smallest absolute Gasteiger partial charge is 0.152 e. The zero-order chi connectivity index (χ0) is 11.5. The molecule has 0 spiro atoms. The maximum absolute atomic E-state index is 12.7. The number of nitrogens with two attached hydrogens (primary N) is 1. The number of rotatable bonds is 2. The van der Waals surface area contributed by atoms with Gasteiger partial charge >= 0.3 is 0 Å². The van der Waals surface area contributed by atoms with Crippen LogP contribution < -0.4 is 5.73 Å². The van der Waals surface area contributed by atoms with Gasteiger partial charge in [0.05, 0.1) is 5.69 Å². The highest BCUT2D eigenvalue weighted by Gasteiger charge is 2.06. The van der Waals surface area contributed by atoms with E-state index in [1.54, 1.807) is 24.3 Å². The second-order valence-corrected chi connectivity index (χ2v) is 3.30. The number of hydrogen-bond acceptors (Lipinski definition) is 3. The van der Waals surface area contributed by atoms with E-state index in [2.05, 4.69) is 4.98 Å². The predicted molar refractivity (Wildman–Crippen MR) is 59.4 cm³/mol. The summed E-state index contributed by atoms with van der Waals surface area (Å²) in [5, 5.41) is 0. The molecule has 0 radical (unpaired) electrons. The molecule has 0 aliphatic rings. The molecular formula is C12H9FN2O. The number of benzene rings is 1. The first-order valence-electron chi connectivity index (χ1n) is 4.68. The fraction of sp³-hybridized carbons (Fsp3) is 0. The van der Waals surface area contributed by atoms with Crippen molar-refractivity contribution in [2.24, 2.45) is 0 Å². The van der Waals surface area contributed by atoms with Gasteiger partial charge in [0.2, 0.25) is 0 Å². The maximum Gasteiger partial charge on any atom is 0.152 e. The van der Waals surface area contributed by atoms with Gasteiger partial charge in [-0.2, -0.15) is 0 Å². The topological polar surface area (TPSA) is 56.0 Å². The Bertz CT molecular complexity index is 523. The van der Waals surface area contributed by atoms with E-state index in [1.807, 2.05) is 0 Å². The molecule has 1 heterocycles. The average molecular weight is 216 g/mol. The van der Waals surface area contributed by atoms with E-state index >= 15 is 0 Å². The molecule has 0 unspecified atom stereocenters. The number of aromatic nitrogens is 1. The van der Waals surface area contributed by atoms with Crippen molar-refractivity contribution >= 4 is 12.1 Å². The third-order valence-electron chi connectivity index (χ3n) is 2.19. The predicted octanol–water partition coefficient (Wildman–Crippen LogP) is 2.28. The van der Waals surface area contributed by atoms with Crippen molar-refractivity contribution in [1.29, 1.82) is 0 Å². The number of pyridine rings is 1. The van der Waals surface area contributed by atoms with Gasteiger partial charge in [-0.05, 0) is 36.4 Å². The number of nitrogens with zero attached hydrogens (tertiary/aromatic N) is 1. The van der Waals surface area contributed by atoms with Crippen molar-refractivity contribution in [2.75, 3.05) is 5.73 Å². The van der Waals surface area contributed by atoms with Crippen molar-refractivity contribution in [3.05, 3.63) is 47.8 Å². The van der Waals surface area contributed by atoms with Gasteiger partial charge in [-0.15, -0.1) is 0 Å². The van der Waals surface area contributed by atoms with E-state index in [4.69, 9.17) is 5.73 Å². The average Bonchev–Trinajstić information content (AvgIpc) is 2.30. The highest BCUT2D eigenvalue weighted by molar-refractivity contribution is 5.86. The summed E-state index contributed by atoms with van der Waals surface area (Å²) in [5.74, 6) is -0.00905. The van der Waals surface area contributed by atoms with E-state index in [1.165, 1.54) is 12.1 Å². The first kappa shape index (κ1) is 10.3. The van der Waals surface area contributed by atoms with Crippen molar-refractivity contribution in [1.82, 2.24) is 4.98 Å². The molecule has 2 N–H and O–H groups in total. The number of carbonyl (C=O) groups excluding carboxylic acids is 1. The van der Waals surface area contributed by atoms with Crippen LogP contribution in [0.4, 0.5) is 10.2 Å². The molecular weight excluding hydrogens is 207 g/mol. The second-order valence-electron chi connectivity index (χ2n) is 3.30. The molecule has 0 aliphatic carbocycles. The zero-order valence-electron chi connectivity index (χ0n) is 8.35. The molecule has 0 bridgehead atoms. The Hall–Kier alpha value is -2.23. The highest BCUT2D eigenvalue weighted by atomic mass is 19.1. The lowest BCUT2D eigenvalue weighted by Crippen LogP contribution is -1.96. The quantitative estimate of drug-likeness (QED) is 0.783. The number of nitrogen functional groups attached to an aromatic ring is 1. The van der Waals surface area contributed by atoms with E-state index in [-0.39, 0.29) is 5.82 Å². The standard InChI is InChI=1S/C12H9FN2O/c13-10-4-1-8(2-5-10)12-9(7-16)3-6-11(14)15-12/h1-7H,(H2,14,15). The summed E-state index contributed by atoms with van der Waals surface area (Å²) in [4.78, 5) is 14.9. The van der Waals surface area contributed by atoms with Crippen LogP contribution in [0.15, 0.2) is 36.4 Å². The summed E-state index contributed by atoms with van der Waals surface area (Å²) in [7, 11) is 0. The van der Waals surface area contributed by atoms with Gasteiger partial charge in [0, 0.05) is 11.1 Å². The van der Waals surface area contributed by atoms with Gasteiger partial charge in [0.1, 0.15) is 11.6 Å². The normalized spacial score (nSPS) is 10.1. The van der Waals surface area contributed by atoms with Crippen LogP contribution in [0, 0.1) is 5.82 Å². The second kappa shape index (κ2) is 4.10. The fourth-order valence-corrected chi connectivity index (χ4v) is 1.42. The molecule has 4 heteroatoms. The Morgan fingerprint density at radius 2 is 1.81 bits per heavy atom. The van der Waals surface area contributed by atoms with Gasteiger partial charge < -0.3 is 5.73 Å². The molecule has 80 valence electrons. The number of carbonyl (C=O) groups is 1. The van der Waals surface area contributed by atoms with Crippen LogP contribution in [0.3, 0.4) is 0 Å². The number of hydrogen-bond donors (Lipinski definition) is 1. The van der Waals surface area contributed by atoms with Crippen LogP contribution >= 0.6 is 0 Å². The molecule has 0 aliphatic heterocycles. The minimum Gasteiger partial charge on any atom is -0.384 e. The Labute approximate surface area is 91.7 Å². The summed E-state index contributed by atoms with van der Waals surface area (Å²) in [6.45, 7) is 0. The number of halogens is 1. The molecule has 2 aromatic rings. The van der Waals surface area contributed by atoms with Crippen LogP contribution in [0.1, 0.15) is 10.4 Å². The lowest BCUT2D eigenvalue weighted by molar-refractivity contribution is 0.112. The third-order valence-corrected chi connectivity index (χ3v) is 2.19. The van der Waals surface area contributed by atoms with E-state index in [0.29, 0.717) is 28.9 Å². The molecule has 0 saturated heterocycles. The monoisotopic (exact) mass is 216 g/mol. The molecule has 16 heavy (non-hydrogen) atoms. The van der Waals surface area contributed by atoms with Crippen LogP contribution in [0.2, 0.25) is 0 Å². The Kier molecular flexibility index (Phi) is 2.64. The largest absolute Gasteiger partial charge is 0.384 e. The van der Waals surface area contributed by atoms with Gasteiger partial charge in [-0.1, -0.05) is 0 Å². The van der Waals surface area contributed by atoms with Crippen molar-refractivity contribution in [2.45, 2.75) is 0 Å². The van der Waals surface area contributed by atoms with Crippen molar-refractivity contribution in [3.8, 4) is 11.3 Å². The van der Waals surface area contributed by atoms with Gasteiger partial charge in [-0.3, -0.25) is 4.79 Å². The van der Waals surface area contributed by atoms with Gasteiger partial charge in [0.15, 0.2) is 6.29 Å². The summed E-state index contributed by atoms with van der Waals surface area (Å²) < 4.78 is 12.7. The zero-order valence-corrected chi connectivity index (χ0v) is 8.35. The van der Waals surface area contributed by atoms with Crippen molar-refractivity contribution in [3.63, 3.8) is 0 Å². The first-order chi connectivity index (χ1) is 7.70. The fourth-order valence-electron chi connectivity index (χ4n) is 1.42. The summed E-state index contributed by atoms with van der Waals surface area (Å²) >= 11 is 0. The lowest BCUT2D eigenvalue weighted by atomic mass is 10.1. The number of aldehydes is 1. The molecule has 1 aromatic heterocycles. The summed E-state index contributed by atoms with van der Waals surface area (Å²) in [6.07, 6.45) is 0.700. The molecule has 0 saturated carbocycles. The Balaban J connectivity index is 2.57. The van der Waals surface area contributed by atoms with Crippen LogP contribution in [-0.2, 0) is 0 Å². The SMILES string of the molecule is Nc1ccc(C=O)c(-c2ccc(F)cc2)n1. The van der Waals surface area contributed by atoms with Crippen molar-refractivity contribution < 1.29 is 9.18 Å². The molecule has 3 nitrogen and oxygen atoms in total. The summed E-state index contributed by atoms with van der Waals surface area (Å²) in [6, 6.07) is 8.89. The van der Waals surface area contributed by atoms with E-state index < -0.39 is 0 Å². The molecule has 0 amide bonds. The minimum absolute atomic E-state index is 0.324. The molecule has 0 atom stereocenters. The van der Waals surface area contributed by atoms with E-state index in [9.17, 15) is 9.18 Å². The first-order valence-corrected chi connectivity index (χ1v) is 4.68.